The highest BCUT2D eigenvalue weighted by molar-refractivity contribution is 7.16. The number of fused-ring (bicyclic) bond motifs is 1. The summed E-state index contributed by atoms with van der Waals surface area (Å²) in [7, 11) is 0. The van der Waals surface area contributed by atoms with Crippen molar-refractivity contribution >= 4 is 28.2 Å². The third kappa shape index (κ3) is 5.00. The van der Waals surface area contributed by atoms with Crippen molar-refractivity contribution in [3.63, 3.8) is 0 Å². The first-order valence-corrected chi connectivity index (χ1v) is 12.5. The van der Waals surface area contributed by atoms with Crippen LogP contribution >= 0.6 is 11.3 Å². The van der Waals surface area contributed by atoms with Gasteiger partial charge in [-0.1, -0.05) is 20.8 Å². The Morgan fingerprint density at radius 2 is 1.97 bits per heavy atom. The molecule has 7 nitrogen and oxygen atoms in total. The van der Waals surface area contributed by atoms with Crippen LogP contribution in [0.1, 0.15) is 56.0 Å². The molecule has 32 heavy (non-hydrogen) atoms. The van der Waals surface area contributed by atoms with Crippen LogP contribution in [0.5, 0.6) is 0 Å². The number of ether oxygens (including phenoxy) is 1. The van der Waals surface area contributed by atoms with Crippen molar-refractivity contribution in [2.45, 2.75) is 59.0 Å². The Morgan fingerprint density at radius 1 is 1.22 bits per heavy atom. The molecular weight excluding hydrogens is 424 g/mol. The van der Waals surface area contributed by atoms with Crippen molar-refractivity contribution in [2.75, 3.05) is 44.6 Å². The van der Waals surface area contributed by atoms with E-state index in [1.54, 1.807) is 11.3 Å². The minimum Gasteiger partial charge on any atom is -0.368 e. The predicted molar refractivity (Wildman–Crippen MR) is 125 cm³/mol. The number of rotatable bonds is 4. The van der Waals surface area contributed by atoms with E-state index in [9.17, 15) is 14.9 Å². The Morgan fingerprint density at radius 3 is 2.59 bits per heavy atom. The molecular formula is C24H34N4O3S. The van der Waals surface area contributed by atoms with E-state index < -0.39 is 0 Å². The molecule has 3 heterocycles. The maximum absolute atomic E-state index is 12.8. The number of nitriles is 1. The zero-order valence-electron chi connectivity index (χ0n) is 19.4. The van der Waals surface area contributed by atoms with Gasteiger partial charge in [0.05, 0.1) is 12.1 Å². The van der Waals surface area contributed by atoms with Gasteiger partial charge in [-0.25, -0.2) is 0 Å². The number of carbonyl (C=O) groups excluding carboxylic acids is 2. The average molecular weight is 459 g/mol. The number of hydrogen-bond donors (Lipinski definition) is 1. The van der Waals surface area contributed by atoms with Crippen molar-refractivity contribution in [1.82, 2.24) is 9.80 Å². The van der Waals surface area contributed by atoms with Crippen LogP contribution in [0.2, 0.25) is 0 Å². The summed E-state index contributed by atoms with van der Waals surface area (Å²) in [5.74, 6) is 0.590. The Balaban J connectivity index is 1.32. The van der Waals surface area contributed by atoms with Crippen LogP contribution in [-0.2, 0) is 27.2 Å². The Bertz CT molecular complexity index is 900. The second-order valence-corrected chi connectivity index (χ2v) is 11.4. The SMILES string of the molecule is CC(C)(C)[C@H]1CCc2c(sc(NC(=O)CN3CCN(C(=O)[C@@H]4CCCO4)CC3)c2C#N)C1. The molecule has 1 aliphatic carbocycles. The molecule has 0 spiro atoms. The van der Waals surface area contributed by atoms with Gasteiger partial charge in [-0.3, -0.25) is 14.5 Å². The van der Waals surface area contributed by atoms with Crippen LogP contribution in [0.25, 0.3) is 0 Å². The normalized spacial score (nSPS) is 24.1. The standard InChI is InChI=1S/C24H34N4O3S/c1-24(2,3)16-6-7-17-18(14-25)22(32-20(17)13-16)26-21(29)15-27-8-10-28(11-9-27)23(30)19-5-4-12-31-19/h16,19H,4-13,15H2,1-3H3,(H,26,29)/t16-,19-/m0/s1. The lowest BCUT2D eigenvalue weighted by molar-refractivity contribution is -0.142. The molecule has 2 amide bonds. The molecule has 2 aliphatic heterocycles. The molecule has 0 aromatic carbocycles. The van der Waals surface area contributed by atoms with Crippen LogP contribution < -0.4 is 5.32 Å². The van der Waals surface area contributed by atoms with E-state index in [0.29, 0.717) is 49.3 Å². The number of thiophene rings is 1. The lowest BCUT2D eigenvalue weighted by Crippen LogP contribution is -2.52. The molecule has 0 radical (unpaired) electrons. The van der Waals surface area contributed by atoms with E-state index in [1.807, 2.05) is 4.90 Å². The van der Waals surface area contributed by atoms with Gasteiger partial charge in [0.25, 0.3) is 5.91 Å². The summed E-state index contributed by atoms with van der Waals surface area (Å²) in [6.07, 6.45) is 4.46. The second kappa shape index (κ2) is 9.50. The van der Waals surface area contributed by atoms with Crippen molar-refractivity contribution in [1.29, 1.82) is 5.26 Å². The number of amides is 2. The summed E-state index contributed by atoms with van der Waals surface area (Å²) in [5.41, 5.74) is 2.03. The average Bonchev–Trinajstić information content (AvgIpc) is 3.40. The van der Waals surface area contributed by atoms with Gasteiger partial charge in [0, 0.05) is 37.7 Å². The van der Waals surface area contributed by atoms with E-state index in [-0.39, 0.29) is 29.9 Å². The van der Waals surface area contributed by atoms with Crippen molar-refractivity contribution in [3.8, 4) is 6.07 Å². The lowest BCUT2D eigenvalue weighted by atomic mass is 9.72. The van der Waals surface area contributed by atoms with Gasteiger partial charge >= 0.3 is 0 Å². The van der Waals surface area contributed by atoms with E-state index >= 15 is 0 Å². The smallest absolute Gasteiger partial charge is 0.251 e. The van der Waals surface area contributed by atoms with Gasteiger partial charge in [0.2, 0.25) is 5.91 Å². The Kier molecular flexibility index (Phi) is 6.89. The molecule has 1 aromatic heterocycles. The number of nitrogens with zero attached hydrogens (tertiary/aromatic N) is 3. The molecule has 4 rings (SSSR count). The topological polar surface area (TPSA) is 85.7 Å². The first kappa shape index (κ1) is 23.2. The molecule has 3 aliphatic rings. The van der Waals surface area contributed by atoms with E-state index in [1.165, 1.54) is 4.88 Å². The van der Waals surface area contributed by atoms with Crippen LogP contribution in [0, 0.1) is 22.7 Å². The molecule has 2 saturated heterocycles. The van der Waals surface area contributed by atoms with E-state index in [2.05, 4.69) is 37.1 Å². The maximum Gasteiger partial charge on any atom is 0.251 e. The van der Waals surface area contributed by atoms with Gasteiger partial charge < -0.3 is 15.0 Å². The largest absolute Gasteiger partial charge is 0.368 e. The van der Waals surface area contributed by atoms with E-state index in [0.717, 1.165) is 37.7 Å². The van der Waals surface area contributed by atoms with Crippen LogP contribution in [0.15, 0.2) is 0 Å². The third-order valence-electron chi connectivity index (χ3n) is 7.11. The monoisotopic (exact) mass is 458 g/mol. The highest BCUT2D eigenvalue weighted by atomic mass is 32.1. The maximum atomic E-state index is 12.8. The fourth-order valence-electron chi connectivity index (χ4n) is 5.00. The summed E-state index contributed by atoms with van der Waals surface area (Å²) in [6.45, 7) is 10.4. The first-order chi connectivity index (χ1) is 15.3. The van der Waals surface area contributed by atoms with Gasteiger partial charge in [-0.2, -0.15) is 5.26 Å². The molecule has 8 heteroatoms. The molecule has 0 unspecified atom stereocenters. The Labute approximate surface area is 194 Å². The first-order valence-electron chi connectivity index (χ1n) is 11.7. The van der Waals surface area contributed by atoms with Gasteiger partial charge in [0.1, 0.15) is 17.2 Å². The predicted octanol–water partition coefficient (Wildman–Crippen LogP) is 3.03. The quantitative estimate of drug-likeness (QED) is 0.750. The van der Waals surface area contributed by atoms with E-state index in [4.69, 9.17) is 4.74 Å². The minimum absolute atomic E-state index is 0.0861. The van der Waals surface area contributed by atoms with Crippen LogP contribution in [0.4, 0.5) is 5.00 Å². The summed E-state index contributed by atoms with van der Waals surface area (Å²) in [6, 6.07) is 2.34. The van der Waals surface area contributed by atoms with Crippen LogP contribution in [0.3, 0.4) is 0 Å². The highest BCUT2D eigenvalue weighted by Crippen LogP contribution is 2.43. The van der Waals surface area contributed by atoms with Crippen molar-refractivity contribution in [3.05, 3.63) is 16.0 Å². The third-order valence-corrected chi connectivity index (χ3v) is 8.28. The van der Waals surface area contributed by atoms with Gasteiger partial charge in [0.15, 0.2) is 0 Å². The second-order valence-electron chi connectivity index (χ2n) is 10.3. The molecule has 0 bridgehead atoms. The number of anilines is 1. The van der Waals surface area contributed by atoms with Crippen molar-refractivity contribution in [2.24, 2.45) is 11.3 Å². The molecule has 2 atom stereocenters. The fourth-order valence-corrected chi connectivity index (χ4v) is 6.30. The minimum atomic E-state index is -0.281. The fraction of sp³-hybridized carbons (Fsp3) is 0.708. The number of piperazine rings is 1. The lowest BCUT2D eigenvalue weighted by Gasteiger charge is -2.35. The number of hydrogen-bond acceptors (Lipinski definition) is 6. The summed E-state index contributed by atoms with van der Waals surface area (Å²) >= 11 is 1.58. The summed E-state index contributed by atoms with van der Waals surface area (Å²) in [5, 5.41) is 13.5. The molecule has 1 N–H and O–H groups in total. The van der Waals surface area contributed by atoms with Crippen LogP contribution in [-0.4, -0.2) is 67.0 Å². The zero-order chi connectivity index (χ0) is 22.9. The van der Waals surface area contributed by atoms with Gasteiger partial charge in [-0.15, -0.1) is 11.3 Å². The Hall–Kier alpha value is -1.95. The molecule has 1 aromatic rings. The zero-order valence-corrected chi connectivity index (χ0v) is 20.2. The molecule has 2 fully saturated rings. The van der Waals surface area contributed by atoms with Gasteiger partial charge in [-0.05, 0) is 49.0 Å². The number of nitrogens with one attached hydrogen (secondary N) is 1. The highest BCUT2D eigenvalue weighted by Gasteiger charge is 2.33. The summed E-state index contributed by atoms with van der Waals surface area (Å²) < 4.78 is 5.51. The summed E-state index contributed by atoms with van der Waals surface area (Å²) in [4.78, 5) is 30.4. The number of carbonyl (C=O) groups is 2. The molecule has 0 saturated carbocycles. The molecule has 174 valence electrons. The van der Waals surface area contributed by atoms with Crippen molar-refractivity contribution < 1.29 is 14.3 Å².